The zero-order valence-corrected chi connectivity index (χ0v) is 11.0. The number of nitrogens with two attached hydrogens (primary N) is 1. The molecule has 1 saturated heterocycles. The van der Waals surface area contributed by atoms with Crippen LogP contribution in [0.5, 0.6) is 5.75 Å². The summed E-state index contributed by atoms with van der Waals surface area (Å²) < 4.78 is 11.0. The summed E-state index contributed by atoms with van der Waals surface area (Å²) in [5.74, 6) is 0.849. The van der Waals surface area contributed by atoms with Crippen molar-refractivity contribution in [3.8, 4) is 5.75 Å². The Morgan fingerprint density at radius 1 is 1.50 bits per heavy atom. The van der Waals surface area contributed by atoms with Crippen LogP contribution in [0.2, 0.25) is 0 Å². The van der Waals surface area contributed by atoms with E-state index in [1.54, 1.807) is 0 Å². The van der Waals surface area contributed by atoms with E-state index in [0.29, 0.717) is 6.04 Å². The summed E-state index contributed by atoms with van der Waals surface area (Å²) in [4.78, 5) is 2.36. The van der Waals surface area contributed by atoms with Gasteiger partial charge in [-0.2, -0.15) is 0 Å². The molecule has 1 aromatic rings. The largest absolute Gasteiger partial charge is 0.493 e. The average molecular weight is 250 g/mol. The second-order valence-corrected chi connectivity index (χ2v) is 4.77. The molecule has 0 saturated carbocycles. The van der Waals surface area contributed by atoms with Crippen LogP contribution >= 0.6 is 0 Å². The summed E-state index contributed by atoms with van der Waals surface area (Å²) in [6.45, 7) is 3.53. The Morgan fingerprint density at radius 3 is 3.11 bits per heavy atom. The van der Waals surface area contributed by atoms with Crippen LogP contribution in [0.4, 0.5) is 5.69 Å². The van der Waals surface area contributed by atoms with Gasteiger partial charge in [0, 0.05) is 30.9 Å². The first-order chi connectivity index (χ1) is 8.75. The molecule has 1 heterocycles. The average Bonchev–Trinajstić information content (AvgIpc) is 2.88. The molecule has 1 aromatic carbocycles. The van der Waals surface area contributed by atoms with Crippen molar-refractivity contribution >= 4 is 5.69 Å². The van der Waals surface area contributed by atoms with Gasteiger partial charge in [-0.15, -0.1) is 0 Å². The molecular weight excluding hydrogens is 228 g/mol. The van der Waals surface area contributed by atoms with Gasteiger partial charge in [-0.3, -0.25) is 0 Å². The highest BCUT2D eigenvalue weighted by molar-refractivity contribution is 5.43. The number of rotatable bonds is 6. The third-order valence-electron chi connectivity index (χ3n) is 3.31. The van der Waals surface area contributed by atoms with Crippen LogP contribution in [0.25, 0.3) is 0 Å². The first-order valence-corrected chi connectivity index (χ1v) is 6.52. The fourth-order valence-corrected chi connectivity index (χ4v) is 2.16. The van der Waals surface area contributed by atoms with E-state index in [4.69, 9.17) is 15.2 Å². The number of hydrogen-bond acceptors (Lipinski definition) is 4. The van der Waals surface area contributed by atoms with Crippen molar-refractivity contribution in [2.24, 2.45) is 0 Å². The molecule has 1 aliphatic heterocycles. The lowest BCUT2D eigenvalue weighted by atomic mass is 10.2. The standard InChI is InChI=1S/C14H22N2O2/c1-16(13-6-9-17-11-13)7-3-8-18-14-5-2-4-12(15)10-14/h2,4-5,10,13H,3,6-9,11,15H2,1H3. The predicted octanol–water partition coefficient (Wildman–Crippen LogP) is 1.76. The summed E-state index contributed by atoms with van der Waals surface area (Å²) in [6, 6.07) is 8.14. The van der Waals surface area contributed by atoms with Crippen LogP contribution in [-0.2, 0) is 4.74 Å². The van der Waals surface area contributed by atoms with E-state index in [2.05, 4.69) is 11.9 Å². The van der Waals surface area contributed by atoms with E-state index >= 15 is 0 Å². The lowest BCUT2D eigenvalue weighted by Gasteiger charge is -2.22. The van der Waals surface area contributed by atoms with Crippen molar-refractivity contribution in [3.63, 3.8) is 0 Å². The van der Waals surface area contributed by atoms with E-state index in [1.807, 2.05) is 24.3 Å². The zero-order chi connectivity index (χ0) is 12.8. The van der Waals surface area contributed by atoms with Crippen molar-refractivity contribution in [2.75, 3.05) is 39.1 Å². The minimum absolute atomic E-state index is 0.581. The highest BCUT2D eigenvalue weighted by Crippen LogP contribution is 2.15. The maximum Gasteiger partial charge on any atom is 0.121 e. The molecule has 0 radical (unpaired) electrons. The first kappa shape index (κ1) is 13.2. The Labute approximate surface area is 109 Å². The minimum Gasteiger partial charge on any atom is -0.493 e. The van der Waals surface area contributed by atoms with Crippen LogP contribution < -0.4 is 10.5 Å². The Hall–Kier alpha value is -1.26. The smallest absolute Gasteiger partial charge is 0.121 e. The number of nitrogen functional groups attached to an aromatic ring is 1. The summed E-state index contributed by atoms with van der Waals surface area (Å²) in [5, 5.41) is 0. The van der Waals surface area contributed by atoms with Gasteiger partial charge in [-0.25, -0.2) is 0 Å². The molecule has 4 heteroatoms. The van der Waals surface area contributed by atoms with Crippen molar-refractivity contribution in [1.29, 1.82) is 0 Å². The van der Waals surface area contributed by atoms with Crippen molar-refractivity contribution in [1.82, 2.24) is 4.90 Å². The summed E-state index contributed by atoms with van der Waals surface area (Å²) in [6.07, 6.45) is 2.16. The molecule has 0 aromatic heterocycles. The van der Waals surface area contributed by atoms with Gasteiger partial charge in [-0.1, -0.05) is 6.07 Å². The van der Waals surface area contributed by atoms with Gasteiger partial charge in [0.1, 0.15) is 5.75 Å². The SMILES string of the molecule is CN(CCCOc1cccc(N)c1)C1CCOC1. The Morgan fingerprint density at radius 2 is 2.39 bits per heavy atom. The lowest BCUT2D eigenvalue weighted by Crippen LogP contribution is -2.33. The fourth-order valence-electron chi connectivity index (χ4n) is 2.16. The van der Waals surface area contributed by atoms with Crippen LogP contribution in [-0.4, -0.2) is 44.4 Å². The zero-order valence-electron chi connectivity index (χ0n) is 11.0. The van der Waals surface area contributed by atoms with Crippen molar-refractivity contribution < 1.29 is 9.47 Å². The summed E-state index contributed by atoms with van der Waals surface area (Å²) >= 11 is 0. The molecule has 0 aliphatic carbocycles. The van der Waals surface area contributed by atoms with Gasteiger partial charge >= 0.3 is 0 Å². The van der Waals surface area contributed by atoms with Crippen LogP contribution in [0, 0.1) is 0 Å². The number of ether oxygens (including phenoxy) is 2. The Balaban J connectivity index is 1.63. The summed E-state index contributed by atoms with van der Waals surface area (Å²) in [7, 11) is 2.15. The molecule has 18 heavy (non-hydrogen) atoms. The summed E-state index contributed by atoms with van der Waals surface area (Å²) in [5.41, 5.74) is 6.43. The molecular formula is C14H22N2O2. The van der Waals surface area contributed by atoms with E-state index in [-0.39, 0.29) is 0 Å². The van der Waals surface area contributed by atoms with E-state index in [0.717, 1.165) is 50.6 Å². The van der Waals surface area contributed by atoms with Gasteiger partial charge < -0.3 is 20.1 Å². The van der Waals surface area contributed by atoms with E-state index in [9.17, 15) is 0 Å². The second-order valence-electron chi connectivity index (χ2n) is 4.77. The monoisotopic (exact) mass is 250 g/mol. The molecule has 1 unspecified atom stereocenters. The van der Waals surface area contributed by atoms with Gasteiger partial charge in [0.25, 0.3) is 0 Å². The molecule has 0 amide bonds. The minimum atomic E-state index is 0.581. The second kappa shape index (κ2) is 6.61. The number of likely N-dealkylation sites (N-methyl/N-ethyl adjacent to an activating group) is 1. The normalized spacial score (nSPS) is 19.3. The number of nitrogens with zero attached hydrogens (tertiary/aromatic N) is 1. The lowest BCUT2D eigenvalue weighted by molar-refractivity contribution is 0.154. The maximum absolute atomic E-state index is 5.69. The van der Waals surface area contributed by atoms with E-state index in [1.165, 1.54) is 0 Å². The highest BCUT2D eigenvalue weighted by Gasteiger charge is 2.19. The molecule has 1 fully saturated rings. The highest BCUT2D eigenvalue weighted by atomic mass is 16.5. The molecule has 0 bridgehead atoms. The van der Waals surface area contributed by atoms with Gasteiger partial charge in [0.2, 0.25) is 0 Å². The number of anilines is 1. The first-order valence-electron chi connectivity index (χ1n) is 6.52. The molecule has 0 spiro atoms. The molecule has 2 N–H and O–H groups in total. The third kappa shape index (κ3) is 3.89. The van der Waals surface area contributed by atoms with Crippen molar-refractivity contribution in [2.45, 2.75) is 18.9 Å². The number of hydrogen-bond donors (Lipinski definition) is 1. The van der Waals surface area contributed by atoms with Crippen molar-refractivity contribution in [3.05, 3.63) is 24.3 Å². The van der Waals surface area contributed by atoms with Gasteiger partial charge in [0.15, 0.2) is 0 Å². The Bertz CT molecular complexity index is 365. The van der Waals surface area contributed by atoms with Crippen LogP contribution in [0.1, 0.15) is 12.8 Å². The Kier molecular flexibility index (Phi) is 4.84. The maximum atomic E-state index is 5.69. The van der Waals surface area contributed by atoms with E-state index < -0.39 is 0 Å². The quantitative estimate of drug-likeness (QED) is 0.617. The third-order valence-corrected chi connectivity index (χ3v) is 3.31. The van der Waals surface area contributed by atoms with Gasteiger partial charge in [-0.05, 0) is 32.0 Å². The van der Waals surface area contributed by atoms with Crippen LogP contribution in [0.15, 0.2) is 24.3 Å². The van der Waals surface area contributed by atoms with Crippen LogP contribution in [0.3, 0.4) is 0 Å². The molecule has 4 nitrogen and oxygen atoms in total. The molecule has 1 atom stereocenters. The molecule has 100 valence electrons. The predicted molar refractivity (Wildman–Crippen MR) is 72.8 cm³/mol. The van der Waals surface area contributed by atoms with Gasteiger partial charge in [0.05, 0.1) is 13.2 Å². The number of benzene rings is 1. The topological polar surface area (TPSA) is 47.7 Å². The fraction of sp³-hybridized carbons (Fsp3) is 0.571. The molecule has 2 rings (SSSR count). The molecule has 1 aliphatic rings.